The predicted molar refractivity (Wildman–Crippen MR) is 61.8 cm³/mol. The number of ether oxygens (including phenoxy) is 1. The summed E-state index contributed by atoms with van der Waals surface area (Å²) in [6.45, 7) is 1.36. The maximum Gasteiger partial charge on any atom is 0.273 e. The summed E-state index contributed by atoms with van der Waals surface area (Å²) in [4.78, 5) is 15.5. The molecule has 1 fully saturated rings. The molecule has 17 heavy (non-hydrogen) atoms. The van der Waals surface area contributed by atoms with E-state index in [-0.39, 0.29) is 23.5 Å². The van der Waals surface area contributed by atoms with Crippen LogP contribution in [0.3, 0.4) is 0 Å². The van der Waals surface area contributed by atoms with Crippen LogP contribution in [0.5, 0.6) is 5.75 Å². The van der Waals surface area contributed by atoms with E-state index in [2.05, 4.69) is 10.3 Å². The van der Waals surface area contributed by atoms with E-state index in [0.717, 1.165) is 25.9 Å². The van der Waals surface area contributed by atoms with E-state index in [1.54, 1.807) is 6.07 Å². The molecule has 0 saturated carbocycles. The molecule has 1 atom stereocenters. The summed E-state index contributed by atoms with van der Waals surface area (Å²) < 4.78 is 5.45. The zero-order valence-corrected chi connectivity index (χ0v) is 9.56. The molecule has 5 nitrogen and oxygen atoms in total. The van der Waals surface area contributed by atoms with Crippen molar-refractivity contribution in [1.82, 2.24) is 10.3 Å². The summed E-state index contributed by atoms with van der Waals surface area (Å²) in [7, 11) is 0. The van der Waals surface area contributed by atoms with E-state index in [1.165, 1.54) is 12.3 Å². The van der Waals surface area contributed by atoms with Gasteiger partial charge >= 0.3 is 0 Å². The van der Waals surface area contributed by atoms with Gasteiger partial charge in [-0.25, -0.2) is 4.98 Å². The first-order chi connectivity index (χ1) is 8.27. The van der Waals surface area contributed by atoms with Crippen LogP contribution in [0.2, 0.25) is 0 Å². The molecular weight excluding hydrogens is 220 g/mol. The Hall–Kier alpha value is -1.62. The molecule has 5 heteroatoms. The maximum atomic E-state index is 11.7. The van der Waals surface area contributed by atoms with E-state index >= 15 is 0 Å². The molecule has 92 valence electrons. The Kier molecular flexibility index (Phi) is 3.93. The van der Waals surface area contributed by atoms with Crippen molar-refractivity contribution in [1.29, 1.82) is 0 Å². The lowest BCUT2D eigenvalue weighted by Gasteiger charge is -2.10. The summed E-state index contributed by atoms with van der Waals surface area (Å²) in [5.74, 6) is -0.441. The van der Waals surface area contributed by atoms with Crippen molar-refractivity contribution in [2.75, 3.05) is 13.2 Å². The van der Waals surface area contributed by atoms with E-state index in [4.69, 9.17) is 4.74 Å². The highest BCUT2D eigenvalue weighted by Crippen LogP contribution is 2.15. The van der Waals surface area contributed by atoms with Gasteiger partial charge in [0.15, 0.2) is 5.69 Å². The van der Waals surface area contributed by atoms with Crippen molar-refractivity contribution in [3.05, 3.63) is 24.0 Å². The Bertz CT molecular complexity index is 389. The number of nitrogens with one attached hydrogen (secondary N) is 1. The first kappa shape index (κ1) is 11.9. The van der Waals surface area contributed by atoms with Gasteiger partial charge in [-0.2, -0.15) is 0 Å². The molecule has 1 aliphatic rings. The quantitative estimate of drug-likeness (QED) is 0.820. The van der Waals surface area contributed by atoms with Crippen molar-refractivity contribution in [3.8, 4) is 5.75 Å². The Morgan fingerprint density at radius 1 is 1.65 bits per heavy atom. The lowest BCUT2D eigenvalue weighted by molar-refractivity contribution is 0.0901. The molecule has 1 amide bonds. The molecule has 0 spiro atoms. The lowest BCUT2D eigenvalue weighted by atomic mass is 10.2. The van der Waals surface area contributed by atoms with Gasteiger partial charge in [-0.15, -0.1) is 0 Å². The SMILES string of the molecule is O=C(NCCC1CCCO1)c1ncccc1O. The Morgan fingerprint density at radius 3 is 3.24 bits per heavy atom. The highest BCUT2D eigenvalue weighted by Gasteiger charge is 2.16. The number of aromatic nitrogens is 1. The average Bonchev–Trinajstić information content (AvgIpc) is 2.82. The molecule has 1 unspecified atom stereocenters. The van der Waals surface area contributed by atoms with Crippen molar-refractivity contribution in [3.63, 3.8) is 0 Å². The second-order valence-electron chi connectivity index (χ2n) is 4.05. The fraction of sp³-hybridized carbons (Fsp3) is 0.500. The molecule has 0 aromatic carbocycles. The van der Waals surface area contributed by atoms with E-state index in [0.29, 0.717) is 6.54 Å². The van der Waals surface area contributed by atoms with E-state index in [9.17, 15) is 9.90 Å². The van der Waals surface area contributed by atoms with Gasteiger partial charge in [0.2, 0.25) is 0 Å². The van der Waals surface area contributed by atoms with Gasteiger partial charge in [0.05, 0.1) is 6.10 Å². The fourth-order valence-electron chi connectivity index (χ4n) is 1.87. The van der Waals surface area contributed by atoms with Crippen molar-refractivity contribution >= 4 is 5.91 Å². The largest absolute Gasteiger partial charge is 0.505 e. The number of hydrogen-bond acceptors (Lipinski definition) is 4. The van der Waals surface area contributed by atoms with Crippen LogP contribution < -0.4 is 5.32 Å². The molecule has 2 heterocycles. The van der Waals surface area contributed by atoms with Crippen LogP contribution in [0.15, 0.2) is 18.3 Å². The molecule has 1 aliphatic heterocycles. The standard InChI is InChI=1S/C12H16N2O3/c15-10-4-1-6-13-11(10)12(16)14-7-5-9-3-2-8-17-9/h1,4,6,9,15H,2-3,5,7-8H2,(H,14,16). The Morgan fingerprint density at radius 2 is 2.53 bits per heavy atom. The number of nitrogens with zero attached hydrogens (tertiary/aromatic N) is 1. The number of carbonyl (C=O) groups excluding carboxylic acids is 1. The third-order valence-electron chi connectivity index (χ3n) is 2.78. The van der Waals surface area contributed by atoms with Crippen LogP contribution in [0.4, 0.5) is 0 Å². The minimum absolute atomic E-state index is 0.0693. The summed E-state index contributed by atoms with van der Waals surface area (Å²) in [6.07, 6.45) is 4.70. The summed E-state index contributed by atoms with van der Waals surface area (Å²) >= 11 is 0. The fourth-order valence-corrected chi connectivity index (χ4v) is 1.87. The van der Waals surface area contributed by atoms with Crippen LogP contribution in [0.25, 0.3) is 0 Å². The van der Waals surface area contributed by atoms with Gasteiger partial charge in [-0.3, -0.25) is 4.79 Å². The third-order valence-corrected chi connectivity index (χ3v) is 2.78. The second kappa shape index (κ2) is 5.63. The van der Waals surface area contributed by atoms with Gasteiger partial charge < -0.3 is 15.2 Å². The number of amides is 1. The van der Waals surface area contributed by atoms with E-state index < -0.39 is 0 Å². The van der Waals surface area contributed by atoms with Crippen molar-refractivity contribution in [2.45, 2.75) is 25.4 Å². The molecule has 1 aromatic heterocycles. The van der Waals surface area contributed by atoms with Crippen LogP contribution in [0.1, 0.15) is 29.8 Å². The highest BCUT2D eigenvalue weighted by molar-refractivity contribution is 5.94. The second-order valence-corrected chi connectivity index (χ2v) is 4.05. The van der Waals surface area contributed by atoms with Gasteiger partial charge in [0.25, 0.3) is 5.91 Å². The van der Waals surface area contributed by atoms with Gasteiger partial charge in [0, 0.05) is 19.3 Å². The summed E-state index contributed by atoms with van der Waals surface area (Å²) in [6, 6.07) is 3.03. The molecule has 0 bridgehead atoms. The molecule has 2 N–H and O–H groups in total. The third kappa shape index (κ3) is 3.17. The topological polar surface area (TPSA) is 71.5 Å². The highest BCUT2D eigenvalue weighted by atomic mass is 16.5. The van der Waals surface area contributed by atoms with Gasteiger partial charge in [-0.1, -0.05) is 0 Å². The van der Waals surface area contributed by atoms with Crippen LogP contribution >= 0.6 is 0 Å². The lowest BCUT2D eigenvalue weighted by Crippen LogP contribution is -2.27. The van der Waals surface area contributed by atoms with Crippen molar-refractivity contribution in [2.24, 2.45) is 0 Å². The maximum absolute atomic E-state index is 11.7. The molecule has 1 saturated heterocycles. The number of aromatic hydroxyl groups is 1. The number of rotatable bonds is 4. The molecule has 0 aliphatic carbocycles. The average molecular weight is 236 g/mol. The normalized spacial score (nSPS) is 19.2. The van der Waals surface area contributed by atoms with Gasteiger partial charge in [0.1, 0.15) is 5.75 Å². The number of carbonyl (C=O) groups is 1. The predicted octanol–water partition coefficient (Wildman–Crippen LogP) is 1.09. The first-order valence-corrected chi connectivity index (χ1v) is 5.81. The zero-order chi connectivity index (χ0) is 12.1. The Labute approximate surface area is 99.8 Å². The van der Waals surface area contributed by atoms with Crippen LogP contribution in [0, 0.1) is 0 Å². The molecule has 2 rings (SSSR count). The zero-order valence-electron chi connectivity index (χ0n) is 9.56. The molecule has 1 aromatic rings. The van der Waals surface area contributed by atoms with Crippen LogP contribution in [-0.4, -0.2) is 35.3 Å². The monoisotopic (exact) mass is 236 g/mol. The number of pyridine rings is 1. The van der Waals surface area contributed by atoms with Crippen LogP contribution in [-0.2, 0) is 4.74 Å². The summed E-state index contributed by atoms with van der Waals surface area (Å²) in [5, 5.41) is 12.2. The first-order valence-electron chi connectivity index (χ1n) is 5.81. The van der Waals surface area contributed by atoms with E-state index in [1.807, 2.05) is 0 Å². The molecule has 0 radical (unpaired) electrons. The van der Waals surface area contributed by atoms with Gasteiger partial charge in [-0.05, 0) is 31.4 Å². The smallest absolute Gasteiger partial charge is 0.273 e. The molecular formula is C12H16N2O3. The number of hydrogen-bond donors (Lipinski definition) is 2. The Balaban J connectivity index is 1.79. The summed E-state index contributed by atoms with van der Waals surface area (Å²) in [5.41, 5.74) is 0.0693. The minimum Gasteiger partial charge on any atom is -0.505 e. The minimum atomic E-state index is -0.346. The van der Waals surface area contributed by atoms with Crippen molar-refractivity contribution < 1.29 is 14.6 Å².